The topological polar surface area (TPSA) is 29.1 Å². The van der Waals surface area contributed by atoms with Crippen LogP contribution < -0.4 is 5.32 Å². The molecule has 82 valence electrons. The summed E-state index contributed by atoms with van der Waals surface area (Å²) in [5, 5.41) is 3.11. The van der Waals surface area contributed by atoms with Gasteiger partial charge < -0.3 is 5.32 Å². The van der Waals surface area contributed by atoms with Gasteiger partial charge in [0.15, 0.2) is 0 Å². The van der Waals surface area contributed by atoms with E-state index in [2.05, 4.69) is 35.1 Å². The van der Waals surface area contributed by atoms with Crippen molar-refractivity contribution in [3.05, 3.63) is 0 Å². The molecule has 0 unspecified atom stereocenters. The minimum absolute atomic E-state index is 0.220. The highest BCUT2D eigenvalue weighted by molar-refractivity contribution is 9.09. The van der Waals surface area contributed by atoms with Crippen molar-refractivity contribution in [2.24, 2.45) is 5.92 Å². The zero-order valence-electron chi connectivity index (χ0n) is 9.05. The molecule has 3 heteroatoms. The molecule has 0 aromatic heterocycles. The van der Waals surface area contributed by atoms with E-state index in [9.17, 15) is 4.79 Å². The van der Waals surface area contributed by atoms with Gasteiger partial charge in [0.25, 0.3) is 0 Å². The van der Waals surface area contributed by atoms with E-state index in [1.54, 1.807) is 0 Å². The first-order valence-corrected chi connectivity index (χ1v) is 6.43. The van der Waals surface area contributed by atoms with Gasteiger partial charge in [-0.1, -0.05) is 29.8 Å². The lowest BCUT2D eigenvalue weighted by molar-refractivity contribution is -0.122. The minimum atomic E-state index is 0.220. The molecule has 0 atom stereocenters. The quantitative estimate of drug-likeness (QED) is 0.778. The Balaban J connectivity index is 2.20. The summed E-state index contributed by atoms with van der Waals surface area (Å²) in [5.74, 6) is 0.681. The van der Waals surface area contributed by atoms with Crippen LogP contribution in [0.1, 0.15) is 46.0 Å². The smallest absolute Gasteiger partial charge is 0.220 e. The molecule has 1 N–H and O–H groups in total. The molecule has 0 bridgehead atoms. The van der Waals surface area contributed by atoms with Gasteiger partial charge in [0.1, 0.15) is 0 Å². The molecule has 1 rings (SSSR count). The van der Waals surface area contributed by atoms with E-state index in [1.165, 1.54) is 12.8 Å². The zero-order valence-corrected chi connectivity index (χ0v) is 10.6. The fraction of sp³-hybridized carbons (Fsp3) is 0.909. The monoisotopic (exact) mass is 261 g/mol. The largest absolute Gasteiger partial charge is 0.353 e. The van der Waals surface area contributed by atoms with Crippen molar-refractivity contribution in [1.82, 2.24) is 5.32 Å². The van der Waals surface area contributed by atoms with E-state index in [4.69, 9.17) is 0 Å². The first-order chi connectivity index (χ1) is 6.58. The maximum Gasteiger partial charge on any atom is 0.220 e. The number of hydrogen-bond donors (Lipinski definition) is 1. The predicted octanol–water partition coefficient (Wildman–Crippen LogP) is 2.85. The van der Waals surface area contributed by atoms with E-state index in [0.717, 1.165) is 12.8 Å². The average Bonchev–Trinajstić information content (AvgIpc) is 2.07. The Morgan fingerprint density at radius 2 is 1.93 bits per heavy atom. The zero-order chi connectivity index (χ0) is 10.6. The lowest BCUT2D eigenvalue weighted by Crippen LogP contribution is -2.38. The molecule has 1 aliphatic carbocycles. The Morgan fingerprint density at radius 1 is 1.36 bits per heavy atom. The number of carbonyl (C=O) groups is 1. The number of rotatable bonds is 3. The molecular formula is C11H20BrNO. The summed E-state index contributed by atoms with van der Waals surface area (Å²) >= 11 is 3.61. The van der Waals surface area contributed by atoms with Crippen LogP contribution in [-0.4, -0.2) is 16.8 Å². The van der Waals surface area contributed by atoms with Crippen molar-refractivity contribution in [3.8, 4) is 0 Å². The van der Waals surface area contributed by atoms with Gasteiger partial charge in [-0.25, -0.2) is 0 Å². The third kappa shape index (κ3) is 4.45. The van der Waals surface area contributed by atoms with Gasteiger partial charge in [-0.2, -0.15) is 0 Å². The molecule has 1 amide bonds. The lowest BCUT2D eigenvalue weighted by Gasteiger charge is -2.26. The van der Waals surface area contributed by atoms with Crippen LogP contribution >= 0.6 is 15.9 Å². The van der Waals surface area contributed by atoms with Crippen LogP contribution in [0, 0.1) is 5.92 Å². The van der Waals surface area contributed by atoms with E-state index in [0.29, 0.717) is 23.2 Å². The molecule has 0 saturated heterocycles. The molecule has 14 heavy (non-hydrogen) atoms. The highest BCUT2D eigenvalue weighted by atomic mass is 79.9. The number of alkyl halides is 1. The first kappa shape index (κ1) is 12.0. The van der Waals surface area contributed by atoms with Crippen molar-refractivity contribution in [3.63, 3.8) is 0 Å². The van der Waals surface area contributed by atoms with E-state index in [1.807, 2.05) is 0 Å². The molecule has 0 radical (unpaired) electrons. The summed E-state index contributed by atoms with van der Waals surface area (Å²) in [4.78, 5) is 12.1. The van der Waals surface area contributed by atoms with Gasteiger partial charge in [-0.15, -0.1) is 0 Å². The van der Waals surface area contributed by atoms with Crippen LogP contribution in [0.2, 0.25) is 0 Å². The summed E-state index contributed by atoms with van der Waals surface area (Å²) in [6.07, 6.45) is 5.28. The Bertz CT molecular complexity index is 186. The third-order valence-corrected chi connectivity index (χ3v) is 3.53. The summed E-state index contributed by atoms with van der Waals surface area (Å²) in [7, 11) is 0. The summed E-state index contributed by atoms with van der Waals surface area (Å²) < 4.78 is 0. The molecule has 0 heterocycles. The molecule has 0 aliphatic heterocycles. The van der Waals surface area contributed by atoms with Crippen LogP contribution in [0.15, 0.2) is 0 Å². The second-order valence-electron chi connectivity index (χ2n) is 4.61. The number of carbonyl (C=O) groups excluding carboxylic acids is 1. The van der Waals surface area contributed by atoms with Gasteiger partial charge in [0, 0.05) is 17.3 Å². The third-order valence-electron chi connectivity index (χ3n) is 2.62. The van der Waals surface area contributed by atoms with Crippen LogP contribution in [0.5, 0.6) is 0 Å². The second kappa shape index (κ2) is 5.74. The average molecular weight is 262 g/mol. The number of hydrogen-bond acceptors (Lipinski definition) is 1. The van der Waals surface area contributed by atoms with Gasteiger partial charge in [0.2, 0.25) is 5.91 Å². The van der Waals surface area contributed by atoms with Crippen LogP contribution in [0.4, 0.5) is 0 Å². The Kier molecular flexibility index (Phi) is 4.93. The van der Waals surface area contributed by atoms with Crippen molar-refractivity contribution in [2.45, 2.75) is 56.8 Å². The Hall–Kier alpha value is -0.0500. The molecule has 1 saturated carbocycles. The highest BCUT2D eigenvalue weighted by Gasteiger charge is 2.20. The predicted molar refractivity (Wildman–Crippen MR) is 62.6 cm³/mol. The van der Waals surface area contributed by atoms with Crippen LogP contribution in [-0.2, 0) is 4.79 Å². The Labute approximate surface area is 95.0 Å². The maximum absolute atomic E-state index is 11.5. The summed E-state index contributed by atoms with van der Waals surface area (Å²) in [6, 6.07) is 0.426. The van der Waals surface area contributed by atoms with Crippen LogP contribution in [0.3, 0.4) is 0 Å². The molecule has 1 aliphatic rings. The van der Waals surface area contributed by atoms with Gasteiger partial charge in [-0.3, -0.25) is 4.79 Å². The van der Waals surface area contributed by atoms with Crippen LogP contribution in [0.25, 0.3) is 0 Å². The standard InChI is InChI=1S/C11H20BrNO/c1-8(2)7-11(14)13-10-5-3-9(12)4-6-10/h8-10H,3-7H2,1-2H3,(H,13,14). The molecule has 1 fully saturated rings. The molecule has 0 spiro atoms. The Morgan fingerprint density at radius 3 is 2.43 bits per heavy atom. The SMILES string of the molecule is CC(C)CC(=O)NC1CCC(Br)CC1. The minimum Gasteiger partial charge on any atom is -0.353 e. The molecule has 2 nitrogen and oxygen atoms in total. The summed E-state index contributed by atoms with van der Waals surface area (Å²) in [6.45, 7) is 4.16. The molecule has 0 aromatic carbocycles. The molecule has 0 aromatic rings. The highest BCUT2D eigenvalue weighted by Crippen LogP contribution is 2.24. The normalized spacial score (nSPS) is 27.7. The van der Waals surface area contributed by atoms with E-state index >= 15 is 0 Å². The summed E-state index contributed by atoms with van der Waals surface area (Å²) in [5.41, 5.74) is 0. The second-order valence-corrected chi connectivity index (χ2v) is 5.91. The number of nitrogens with one attached hydrogen (secondary N) is 1. The van der Waals surface area contributed by atoms with Gasteiger partial charge in [-0.05, 0) is 31.6 Å². The fourth-order valence-corrected chi connectivity index (χ4v) is 2.38. The lowest BCUT2D eigenvalue weighted by atomic mass is 9.95. The van der Waals surface area contributed by atoms with Gasteiger partial charge in [0.05, 0.1) is 0 Å². The van der Waals surface area contributed by atoms with E-state index < -0.39 is 0 Å². The van der Waals surface area contributed by atoms with Crippen molar-refractivity contribution >= 4 is 21.8 Å². The van der Waals surface area contributed by atoms with Gasteiger partial charge >= 0.3 is 0 Å². The fourth-order valence-electron chi connectivity index (χ4n) is 1.85. The number of amides is 1. The number of halogens is 1. The van der Waals surface area contributed by atoms with Crippen molar-refractivity contribution in [2.75, 3.05) is 0 Å². The van der Waals surface area contributed by atoms with E-state index in [-0.39, 0.29) is 5.91 Å². The van der Waals surface area contributed by atoms with Crippen molar-refractivity contribution in [1.29, 1.82) is 0 Å². The maximum atomic E-state index is 11.5. The van der Waals surface area contributed by atoms with Crippen molar-refractivity contribution < 1.29 is 4.79 Å². The first-order valence-electron chi connectivity index (χ1n) is 5.51. The molecular weight excluding hydrogens is 242 g/mol.